The topological polar surface area (TPSA) is 29.5 Å². The van der Waals surface area contributed by atoms with Crippen molar-refractivity contribution in [3.63, 3.8) is 0 Å². The van der Waals surface area contributed by atoms with Gasteiger partial charge < -0.3 is 9.84 Å². The van der Waals surface area contributed by atoms with Gasteiger partial charge in [0.1, 0.15) is 17.3 Å². The van der Waals surface area contributed by atoms with E-state index in [2.05, 4.69) is 0 Å². The van der Waals surface area contributed by atoms with Crippen molar-refractivity contribution in [2.75, 3.05) is 0 Å². The quantitative estimate of drug-likeness (QED) is 0.905. The van der Waals surface area contributed by atoms with E-state index in [4.69, 9.17) is 33.0 Å². The van der Waals surface area contributed by atoms with E-state index < -0.39 is 5.82 Å². The van der Waals surface area contributed by atoms with Gasteiger partial charge in [-0.25, -0.2) is 4.39 Å². The molecule has 0 radical (unpaired) electrons. The second-order valence-corrected chi connectivity index (χ2v) is 4.45. The number of hydrogen-bond acceptors (Lipinski definition) is 2. The van der Waals surface area contributed by atoms with Crippen molar-refractivity contribution >= 4 is 23.2 Å². The number of aliphatic hydroxyl groups excluding tert-OH is 1. The molecule has 0 aliphatic heterocycles. The third-order valence-corrected chi connectivity index (χ3v) is 2.98. The first-order valence-electron chi connectivity index (χ1n) is 5.12. The second-order valence-electron chi connectivity index (χ2n) is 3.63. The lowest BCUT2D eigenvalue weighted by molar-refractivity contribution is 0.280. The maximum Gasteiger partial charge on any atom is 0.130 e. The highest BCUT2D eigenvalue weighted by Gasteiger charge is 2.05. The van der Waals surface area contributed by atoms with Crippen LogP contribution in [-0.2, 0) is 6.61 Å². The van der Waals surface area contributed by atoms with Crippen LogP contribution in [0.2, 0.25) is 10.0 Å². The maximum absolute atomic E-state index is 13.2. The molecule has 0 unspecified atom stereocenters. The fourth-order valence-corrected chi connectivity index (χ4v) is 1.74. The summed E-state index contributed by atoms with van der Waals surface area (Å²) in [6.45, 7) is -0.254. The molecular weight excluding hydrogens is 278 g/mol. The first kappa shape index (κ1) is 13.1. The smallest absolute Gasteiger partial charge is 0.130 e. The Kier molecular flexibility index (Phi) is 4.07. The standard InChI is InChI=1S/C13H9Cl2FO2/c14-12-2-1-10(6-13(12)15)18-11-4-8(7-17)3-9(16)5-11/h1-6,17H,7H2. The molecule has 0 heterocycles. The fourth-order valence-electron chi connectivity index (χ4n) is 1.45. The molecule has 1 N–H and O–H groups in total. The molecule has 2 nitrogen and oxygen atoms in total. The fraction of sp³-hybridized carbons (Fsp3) is 0.0769. The van der Waals surface area contributed by atoms with Crippen molar-refractivity contribution < 1.29 is 14.2 Å². The van der Waals surface area contributed by atoms with Crippen molar-refractivity contribution in [1.82, 2.24) is 0 Å². The molecule has 0 saturated carbocycles. The molecule has 0 saturated heterocycles. The van der Waals surface area contributed by atoms with Gasteiger partial charge in [-0.05, 0) is 29.8 Å². The predicted molar refractivity (Wildman–Crippen MR) is 68.9 cm³/mol. The molecule has 0 aromatic heterocycles. The SMILES string of the molecule is OCc1cc(F)cc(Oc2ccc(Cl)c(Cl)c2)c1. The van der Waals surface area contributed by atoms with Crippen molar-refractivity contribution in [2.24, 2.45) is 0 Å². The van der Waals surface area contributed by atoms with E-state index in [-0.39, 0.29) is 12.4 Å². The lowest BCUT2D eigenvalue weighted by Crippen LogP contribution is -1.90. The van der Waals surface area contributed by atoms with E-state index in [1.54, 1.807) is 18.2 Å². The number of hydrogen-bond donors (Lipinski definition) is 1. The minimum Gasteiger partial charge on any atom is -0.457 e. The monoisotopic (exact) mass is 286 g/mol. The van der Waals surface area contributed by atoms with E-state index >= 15 is 0 Å². The Morgan fingerprint density at radius 1 is 1.00 bits per heavy atom. The third-order valence-electron chi connectivity index (χ3n) is 2.24. The van der Waals surface area contributed by atoms with Gasteiger partial charge in [-0.3, -0.25) is 0 Å². The summed E-state index contributed by atoms with van der Waals surface area (Å²) in [6.07, 6.45) is 0. The average Bonchev–Trinajstić information content (AvgIpc) is 2.33. The Hall–Kier alpha value is -1.29. The summed E-state index contributed by atoms with van der Waals surface area (Å²) >= 11 is 11.6. The molecule has 5 heteroatoms. The first-order valence-corrected chi connectivity index (χ1v) is 5.87. The van der Waals surface area contributed by atoms with Crippen LogP contribution in [0.15, 0.2) is 36.4 Å². The molecule has 0 amide bonds. The summed E-state index contributed by atoms with van der Waals surface area (Å²) in [4.78, 5) is 0. The predicted octanol–water partition coefficient (Wildman–Crippen LogP) is 4.42. The van der Waals surface area contributed by atoms with Gasteiger partial charge in [0.2, 0.25) is 0 Å². The Labute approximate surface area is 114 Å². The summed E-state index contributed by atoms with van der Waals surface area (Å²) in [6, 6.07) is 8.76. The zero-order valence-electron chi connectivity index (χ0n) is 9.16. The van der Waals surface area contributed by atoms with Gasteiger partial charge in [-0.15, -0.1) is 0 Å². The van der Waals surface area contributed by atoms with Crippen LogP contribution >= 0.6 is 23.2 Å². The Morgan fingerprint density at radius 2 is 1.78 bits per heavy atom. The molecule has 0 aliphatic carbocycles. The zero-order chi connectivity index (χ0) is 13.1. The molecule has 2 aromatic rings. The van der Waals surface area contributed by atoms with Gasteiger partial charge in [0, 0.05) is 12.1 Å². The van der Waals surface area contributed by atoms with Gasteiger partial charge in [-0.2, -0.15) is 0 Å². The Morgan fingerprint density at radius 3 is 2.44 bits per heavy atom. The van der Waals surface area contributed by atoms with Crippen LogP contribution in [0.5, 0.6) is 11.5 Å². The van der Waals surface area contributed by atoms with E-state index in [0.717, 1.165) is 0 Å². The van der Waals surface area contributed by atoms with Crippen LogP contribution in [0, 0.1) is 5.82 Å². The summed E-state index contributed by atoms with van der Waals surface area (Å²) in [5.41, 5.74) is 0.435. The van der Waals surface area contributed by atoms with Crippen LogP contribution in [0.25, 0.3) is 0 Å². The molecule has 94 valence electrons. The number of rotatable bonds is 3. The third kappa shape index (κ3) is 3.13. The van der Waals surface area contributed by atoms with E-state index in [1.165, 1.54) is 18.2 Å². The highest BCUT2D eigenvalue weighted by atomic mass is 35.5. The first-order chi connectivity index (χ1) is 8.58. The second kappa shape index (κ2) is 5.57. The zero-order valence-corrected chi connectivity index (χ0v) is 10.7. The highest BCUT2D eigenvalue weighted by molar-refractivity contribution is 6.42. The van der Waals surface area contributed by atoms with Crippen molar-refractivity contribution in [1.29, 1.82) is 0 Å². The minimum absolute atomic E-state index is 0.254. The van der Waals surface area contributed by atoms with Gasteiger partial charge in [-0.1, -0.05) is 23.2 Å². The summed E-state index contributed by atoms with van der Waals surface area (Å²) in [7, 11) is 0. The van der Waals surface area contributed by atoms with Gasteiger partial charge >= 0.3 is 0 Å². The summed E-state index contributed by atoms with van der Waals surface area (Å²) in [5.74, 6) is 0.257. The van der Waals surface area contributed by atoms with E-state index in [9.17, 15) is 4.39 Å². The van der Waals surface area contributed by atoms with Crippen LogP contribution < -0.4 is 4.74 Å². The molecule has 2 rings (SSSR count). The number of ether oxygens (including phenoxy) is 1. The normalized spacial score (nSPS) is 10.4. The number of aliphatic hydroxyl groups is 1. The largest absolute Gasteiger partial charge is 0.457 e. The average molecular weight is 287 g/mol. The highest BCUT2D eigenvalue weighted by Crippen LogP contribution is 2.30. The Balaban J connectivity index is 2.27. The lowest BCUT2D eigenvalue weighted by Gasteiger charge is -2.08. The molecule has 0 atom stereocenters. The minimum atomic E-state index is -0.475. The Bertz CT molecular complexity index is 573. The molecule has 0 aliphatic rings. The molecule has 0 bridgehead atoms. The lowest BCUT2D eigenvalue weighted by atomic mass is 10.2. The molecular formula is C13H9Cl2FO2. The van der Waals surface area contributed by atoms with Crippen molar-refractivity contribution in [3.05, 3.63) is 57.8 Å². The number of halogens is 3. The van der Waals surface area contributed by atoms with Crippen molar-refractivity contribution in [3.8, 4) is 11.5 Å². The van der Waals surface area contributed by atoms with Gasteiger partial charge in [0.15, 0.2) is 0 Å². The van der Waals surface area contributed by atoms with Gasteiger partial charge in [0.05, 0.1) is 16.7 Å². The van der Waals surface area contributed by atoms with Crippen LogP contribution in [0.3, 0.4) is 0 Å². The molecule has 2 aromatic carbocycles. The van der Waals surface area contributed by atoms with Crippen LogP contribution in [0.4, 0.5) is 4.39 Å². The molecule has 0 spiro atoms. The summed E-state index contributed by atoms with van der Waals surface area (Å²) < 4.78 is 18.7. The van der Waals surface area contributed by atoms with E-state index in [1.807, 2.05) is 0 Å². The summed E-state index contributed by atoms with van der Waals surface area (Å²) in [5, 5.41) is 9.74. The van der Waals surface area contributed by atoms with Crippen LogP contribution in [-0.4, -0.2) is 5.11 Å². The maximum atomic E-state index is 13.2. The number of benzene rings is 2. The van der Waals surface area contributed by atoms with E-state index in [0.29, 0.717) is 21.4 Å². The molecule has 0 fully saturated rings. The van der Waals surface area contributed by atoms with Gasteiger partial charge in [0.25, 0.3) is 0 Å². The van der Waals surface area contributed by atoms with Crippen LogP contribution in [0.1, 0.15) is 5.56 Å². The van der Waals surface area contributed by atoms with Crippen molar-refractivity contribution in [2.45, 2.75) is 6.61 Å². The molecule has 18 heavy (non-hydrogen) atoms.